The molecule has 0 aliphatic rings. The molecule has 0 radical (unpaired) electrons. The molecule has 3 aromatic rings. The monoisotopic (exact) mass is 388 g/mol. The predicted octanol–water partition coefficient (Wildman–Crippen LogP) is 6.48. The van der Waals surface area contributed by atoms with Crippen molar-refractivity contribution < 1.29 is 0 Å². The van der Waals surface area contributed by atoms with Crippen LogP contribution >= 0.6 is 15.9 Å². The number of hydrogen-bond donors (Lipinski definition) is 0. The van der Waals surface area contributed by atoms with Crippen LogP contribution in [0.3, 0.4) is 0 Å². The fraction of sp³-hybridized carbons (Fsp3) is 0.167. The van der Waals surface area contributed by atoms with Gasteiger partial charge in [0, 0.05) is 21.0 Å². The summed E-state index contributed by atoms with van der Waals surface area (Å²) in [6.07, 6.45) is 0. The van der Waals surface area contributed by atoms with Crippen LogP contribution in [0.2, 0.25) is 0 Å². The van der Waals surface area contributed by atoms with Gasteiger partial charge in [0.1, 0.15) is 0 Å². The molecule has 0 bridgehead atoms. The van der Waals surface area contributed by atoms with Gasteiger partial charge in [0.25, 0.3) is 0 Å². The Bertz CT molecular complexity index is 955. The van der Waals surface area contributed by atoms with Crippen LogP contribution in [0.5, 0.6) is 0 Å². The summed E-state index contributed by atoms with van der Waals surface area (Å²) in [6, 6.07) is 25.2. The molecule has 25 heavy (non-hydrogen) atoms. The Morgan fingerprint density at radius 3 is 2.16 bits per heavy atom. The Hall–Kier alpha value is -2.30. The first-order chi connectivity index (χ1) is 12.0. The van der Waals surface area contributed by atoms with Crippen LogP contribution in [0.4, 0.5) is 0 Å². The molecule has 0 aliphatic carbocycles. The Morgan fingerprint density at radius 2 is 1.44 bits per heavy atom. The van der Waals surface area contributed by atoms with Gasteiger partial charge >= 0.3 is 0 Å². The van der Waals surface area contributed by atoms with E-state index in [0.717, 1.165) is 15.6 Å². The molecule has 0 amide bonds. The molecule has 0 heterocycles. The number of benzene rings is 3. The fourth-order valence-corrected chi connectivity index (χ4v) is 3.66. The van der Waals surface area contributed by atoms with E-state index in [0.29, 0.717) is 0 Å². The third kappa shape index (κ3) is 3.86. The lowest BCUT2D eigenvalue weighted by atomic mass is 9.74. The number of halogens is 1. The molecule has 0 aromatic heterocycles. The lowest BCUT2D eigenvalue weighted by Crippen LogP contribution is -2.21. The van der Waals surface area contributed by atoms with Crippen molar-refractivity contribution in [2.75, 3.05) is 0 Å². The van der Waals surface area contributed by atoms with Crippen LogP contribution in [0.25, 0.3) is 0 Å². The van der Waals surface area contributed by atoms with Crippen molar-refractivity contribution in [3.63, 3.8) is 0 Å². The second-order valence-electron chi connectivity index (χ2n) is 6.75. The van der Waals surface area contributed by atoms with E-state index in [-0.39, 0.29) is 5.41 Å². The van der Waals surface area contributed by atoms with Crippen LogP contribution < -0.4 is 0 Å². The van der Waals surface area contributed by atoms with Gasteiger partial charge in [-0.15, -0.1) is 0 Å². The number of aryl methyl sites for hydroxylation is 1. The first-order valence-corrected chi connectivity index (χ1v) is 9.21. The lowest BCUT2D eigenvalue weighted by molar-refractivity contribution is 0.634. The standard InChI is InChI=1S/C24H21Br/c1-18-9-4-6-13-22(18)24(2,3)23-14-7-5-11-20(23)16-15-19-10-8-12-21(25)17-19/h4-14,17H,1-3H3. The average Bonchev–Trinajstić information content (AvgIpc) is 2.60. The molecule has 3 rings (SSSR count). The maximum atomic E-state index is 3.51. The maximum Gasteiger partial charge on any atom is 0.0289 e. The van der Waals surface area contributed by atoms with E-state index in [1.54, 1.807) is 0 Å². The minimum absolute atomic E-state index is 0.103. The Labute approximate surface area is 159 Å². The van der Waals surface area contributed by atoms with Crippen molar-refractivity contribution in [2.45, 2.75) is 26.2 Å². The summed E-state index contributed by atoms with van der Waals surface area (Å²) in [4.78, 5) is 0. The lowest BCUT2D eigenvalue weighted by Gasteiger charge is -2.29. The number of rotatable bonds is 2. The highest BCUT2D eigenvalue weighted by Crippen LogP contribution is 2.35. The molecule has 1 heteroatoms. The van der Waals surface area contributed by atoms with Gasteiger partial charge in [-0.3, -0.25) is 0 Å². The Morgan fingerprint density at radius 1 is 0.760 bits per heavy atom. The normalized spacial score (nSPS) is 10.9. The third-order valence-corrected chi connectivity index (χ3v) is 5.08. The van der Waals surface area contributed by atoms with Gasteiger partial charge in [-0.1, -0.05) is 90.1 Å². The fourth-order valence-electron chi connectivity index (χ4n) is 3.26. The topological polar surface area (TPSA) is 0 Å². The van der Waals surface area contributed by atoms with Crippen molar-refractivity contribution in [3.05, 3.63) is 105 Å². The highest BCUT2D eigenvalue weighted by Gasteiger charge is 2.26. The average molecular weight is 389 g/mol. The Balaban J connectivity index is 2.07. The summed E-state index contributed by atoms with van der Waals surface area (Å²) in [5.74, 6) is 6.68. The summed E-state index contributed by atoms with van der Waals surface area (Å²) < 4.78 is 1.05. The summed E-state index contributed by atoms with van der Waals surface area (Å²) in [5, 5.41) is 0. The smallest absolute Gasteiger partial charge is 0.0289 e. The van der Waals surface area contributed by atoms with Crippen molar-refractivity contribution in [1.82, 2.24) is 0 Å². The van der Waals surface area contributed by atoms with E-state index in [1.807, 2.05) is 24.3 Å². The van der Waals surface area contributed by atoms with Gasteiger partial charge in [-0.2, -0.15) is 0 Å². The summed E-state index contributed by atoms with van der Waals surface area (Å²) in [6.45, 7) is 6.72. The molecule has 124 valence electrons. The van der Waals surface area contributed by atoms with Crippen LogP contribution in [0, 0.1) is 18.8 Å². The SMILES string of the molecule is Cc1ccccc1C(C)(C)c1ccccc1C#Cc1cccc(Br)c1. The second kappa shape index (κ2) is 7.30. The number of hydrogen-bond acceptors (Lipinski definition) is 0. The van der Waals surface area contributed by atoms with E-state index >= 15 is 0 Å². The quantitative estimate of drug-likeness (QED) is 0.440. The summed E-state index contributed by atoms with van der Waals surface area (Å²) >= 11 is 3.51. The molecule has 0 unspecified atom stereocenters. The zero-order valence-electron chi connectivity index (χ0n) is 14.8. The molecular weight excluding hydrogens is 368 g/mol. The molecule has 0 saturated heterocycles. The zero-order chi connectivity index (χ0) is 17.9. The van der Waals surface area contributed by atoms with E-state index < -0.39 is 0 Å². The first-order valence-electron chi connectivity index (χ1n) is 8.42. The van der Waals surface area contributed by atoms with Gasteiger partial charge < -0.3 is 0 Å². The zero-order valence-corrected chi connectivity index (χ0v) is 16.4. The van der Waals surface area contributed by atoms with Crippen LogP contribution in [0.15, 0.2) is 77.3 Å². The van der Waals surface area contributed by atoms with Gasteiger partial charge in [0.15, 0.2) is 0 Å². The highest BCUT2D eigenvalue weighted by molar-refractivity contribution is 9.10. The van der Waals surface area contributed by atoms with E-state index in [2.05, 4.69) is 97.1 Å². The van der Waals surface area contributed by atoms with E-state index in [9.17, 15) is 0 Å². The molecule has 0 aliphatic heterocycles. The molecule has 0 atom stereocenters. The minimum atomic E-state index is -0.103. The summed E-state index contributed by atoms with van der Waals surface area (Å²) in [5.41, 5.74) is 5.89. The van der Waals surface area contributed by atoms with Crippen LogP contribution in [-0.2, 0) is 5.41 Å². The molecular formula is C24H21Br. The van der Waals surface area contributed by atoms with E-state index in [1.165, 1.54) is 16.7 Å². The van der Waals surface area contributed by atoms with Gasteiger partial charge in [0.2, 0.25) is 0 Å². The highest BCUT2D eigenvalue weighted by atomic mass is 79.9. The van der Waals surface area contributed by atoms with Gasteiger partial charge in [-0.05, 0) is 47.9 Å². The minimum Gasteiger partial charge on any atom is -0.0620 e. The molecule has 0 nitrogen and oxygen atoms in total. The van der Waals surface area contributed by atoms with Crippen LogP contribution in [0.1, 0.15) is 41.7 Å². The van der Waals surface area contributed by atoms with Crippen molar-refractivity contribution in [3.8, 4) is 11.8 Å². The predicted molar refractivity (Wildman–Crippen MR) is 110 cm³/mol. The third-order valence-electron chi connectivity index (χ3n) is 4.58. The molecule has 0 fully saturated rings. The van der Waals surface area contributed by atoms with Gasteiger partial charge in [0.05, 0.1) is 0 Å². The van der Waals surface area contributed by atoms with Crippen molar-refractivity contribution >= 4 is 15.9 Å². The van der Waals surface area contributed by atoms with Crippen molar-refractivity contribution in [2.24, 2.45) is 0 Å². The van der Waals surface area contributed by atoms with Crippen LogP contribution in [-0.4, -0.2) is 0 Å². The molecule has 3 aromatic carbocycles. The molecule has 0 saturated carbocycles. The second-order valence-corrected chi connectivity index (χ2v) is 7.66. The van der Waals surface area contributed by atoms with Crippen molar-refractivity contribution in [1.29, 1.82) is 0 Å². The Kier molecular flexibility index (Phi) is 5.11. The van der Waals surface area contributed by atoms with E-state index in [4.69, 9.17) is 0 Å². The maximum absolute atomic E-state index is 3.51. The molecule has 0 spiro atoms. The largest absolute Gasteiger partial charge is 0.0620 e. The first kappa shape index (κ1) is 17.5. The summed E-state index contributed by atoms with van der Waals surface area (Å²) in [7, 11) is 0. The van der Waals surface area contributed by atoms with Gasteiger partial charge in [-0.25, -0.2) is 0 Å². The molecule has 0 N–H and O–H groups in total.